The van der Waals surface area contributed by atoms with Gasteiger partial charge in [0.15, 0.2) is 0 Å². The highest BCUT2D eigenvalue weighted by atomic mass is 32.2. The van der Waals surface area contributed by atoms with Crippen molar-refractivity contribution in [1.82, 2.24) is 4.90 Å². The number of nitro groups is 1. The Hall–Kier alpha value is -3.04. The maximum absolute atomic E-state index is 12.8. The maximum atomic E-state index is 12.8. The van der Waals surface area contributed by atoms with Crippen LogP contribution in [0.2, 0.25) is 0 Å². The lowest BCUT2D eigenvalue weighted by Crippen LogP contribution is -2.51. The van der Waals surface area contributed by atoms with E-state index in [1.807, 2.05) is 6.07 Å². The van der Waals surface area contributed by atoms with Gasteiger partial charge in [-0.15, -0.1) is 0 Å². The Labute approximate surface area is 169 Å². The van der Waals surface area contributed by atoms with E-state index in [-0.39, 0.29) is 21.3 Å². The van der Waals surface area contributed by atoms with Crippen molar-refractivity contribution in [3.05, 3.63) is 80.7 Å². The smallest absolute Gasteiger partial charge is 0.269 e. The van der Waals surface area contributed by atoms with E-state index >= 15 is 0 Å². The Bertz CT molecular complexity index is 974. The SMILES string of the molecule is O=C([O-])[C@H](Cc1ccccc1)N1C(=O)/C(=C/c2ccc([N+](=O)[O-])cc2)SC1=S. The van der Waals surface area contributed by atoms with Gasteiger partial charge in [0.25, 0.3) is 11.6 Å². The van der Waals surface area contributed by atoms with E-state index in [2.05, 4.69) is 0 Å². The van der Waals surface area contributed by atoms with Gasteiger partial charge in [0.1, 0.15) is 4.32 Å². The Morgan fingerprint density at radius 2 is 1.82 bits per heavy atom. The highest BCUT2D eigenvalue weighted by Crippen LogP contribution is 2.34. The summed E-state index contributed by atoms with van der Waals surface area (Å²) >= 11 is 6.21. The van der Waals surface area contributed by atoms with Crippen molar-refractivity contribution in [3.8, 4) is 0 Å². The molecule has 1 fully saturated rings. The monoisotopic (exact) mass is 413 g/mol. The van der Waals surface area contributed by atoms with Crippen LogP contribution in [-0.2, 0) is 16.0 Å². The van der Waals surface area contributed by atoms with Gasteiger partial charge in [-0.05, 0) is 35.8 Å². The molecule has 1 amide bonds. The van der Waals surface area contributed by atoms with E-state index in [9.17, 15) is 24.8 Å². The molecule has 1 saturated heterocycles. The average Bonchev–Trinajstić information content (AvgIpc) is 2.94. The van der Waals surface area contributed by atoms with Gasteiger partial charge in [-0.1, -0.05) is 54.3 Å². The van der Waals surface area contributed by atoms with E-state index in [4.69, 9.17) is 12.2 Å². The van der Waals surface area contributed by atoms with Crippen LogP contribution in [0, 0.1) is 10.1 Å². The number of benzene rings is 2. The van der Waals surface area contributed by atoms with E-state index in [1.54, 1.807) is 24.3 Å². The Morgan fingerprint density at radius 1 is 1.18 bits per heavy atom. The van der Waals surface area contributed by atoms with Crippen molar-refractivity contribution in [3.63, 3.8) is 0 Å². The molecule has 9 heteroatoms. The van der Waals surface area contributed by atoms with Gasteiger partial charge in [-0.25, -0.2) is 0 Å². The number of hydrogen-bond donors (Lipinski definition) is 0. The van der Waals surface area contributed by atoms with Crippen LogP contribution in [0.15, 0.2) is 59.5 Å². The highest BCUT2D eigenvalue weighted by Gasteiger charge is 2.37. The minimum atomic E-state index is -1.39. The first kappa shape index (κ1) is 19.7. The minimum Gasteiger partial charge on any atom is -0.548 e. The van der Waals surface area contributed by atoms with Gasteiger partial charge in [0.2, 0.25) is 0 Å². The molecule has 0 aromatic heterocycles. The lowest BCUT2D eigenvalue weighted by molar-refractivity contribution is -0.384. The molecule has 2 aromatic carbocycles. The van der Waals surface area contributed by atoms with Crippen LogP contribution in [-0.4, -0.2) is 32.1 Å². The van der Waals surface area contributed by atoms with E-state index in [0.29, 0.717) is 5.56 Å². The molecule has 0 N–H and O–H groups in total. The molecule has 1 aliphatic heterocycles. The highest BCUT2D eigenvalue weighted by molar-refractivity contribution is 8.26. The second kappa shape index (κ2) is 8.32. The van der Waals surface area contributed by atoms with Gasteiger partial charge in [0, 0.05) is 12.1 Å². The molecule has 2 aromatic rings. The topological polar surface area (TPSA) is 104 Å². The van der Waals surface area contributed by atoms with E-state index < -0.39 is 22.8 Å². The molecule has 3 rings (SSSR count). The summed E-state index contributed by atoms with van der Waals surface area (Å²) in [6.45, 7) is 0. The molecule has 0 unspecified atom stereocenters. The zero-order valence-electron chi connectivity index (χ0n) is 14.3. The number of rotatable bonds is 6. The second-order valence-electron chi connectivity index (χ2n) is 5.92. The normalized spacial score (nSPS) is 16.4. The van der Waals surface area contributed by atoms with Crippen molar-refractivity contribution in [2.75, 3.05) is 0 Å². The first-order chi connectivity index (χ1) is 13.4. The number of nitro benzene ring substituents is 1. The Kier molecular flexibility index (Phi) is 5.86. The fraction of sp³-hybridized carbons (Fsp3) is 0.105. The van der Waals surface area contributed by atoms with Gasteiger partial charge >= 0.3 is 0 Å². The molecule has 1 atom stereocenters. The van der Waals surface area contributed by atoms with Crippen molar-refractivity contribution in [1.29, 1.82) is 0 Å². The van der Waals surface area contributed by atoms with Crippen LogP contribution in [0.4, 0.5) is 5.69 Å². The molecule has 1 heterocycles. The fourth-order valence-electron chi connectivity index (χ4n) is 2.71. The van der Waals surface area contributed by atoms with Crippen molar-refractivity contribution in [2.45, 2.75) is 12.5 Å². The predicted octanol–water partition coefficient (Wildman–Crippen LogP) is 2.16. The van der Waals surface area contributed by atoms with Crippen LogP contribution in [0.25, 0.3) is 6.08 Å². The Morgan fingerprint density at radius 3 is 2.39 bits per heavy atom. The summed E-state index contributed by atoms with van der Waals surface area (Å²) in [5, 5.41) is 22.4. The number of aliphatic carboxylic acids is 1. The number of non-ortho nitro benzene ring substituents is 1. The van der Waals surface area contributed by atoms with E-state index in [0.717, 1.165) is 22.2 Å². The number of carboxylic acids is 1. The third-order valence-electron chi connectivity index (χ3n) is 4.08. The first-order valence-corrected chi connectivity index (χ1v) is 9.35. The van der Waals surface area contributed by atoms with Crippen molar-refractivity contribution < 1.29 is 19.6 Å². The molecule has 0 spiro atoms. The first-order valence-electron chi connectivity index (χ1n) is 8.13. The maximum Gasteiger partial charge on any atom is 0.269 e. The van der Waals surface area contributed by atoms with Crippen molar-refractivity contribution >= 4 is 51.9 Å². The molecule has 0 bridgehead atoms. The third kappa shape index (κ3) is 4.26. The number of carbonyl (C=O) groups excluding carboxylic acids is 2. The number of hydrogen-bond acceptors (Lipinski definition) is 7. The summed E-state index contributed by atoms with van der Waals surface area (Å²) in [6.07, 6.45) is 1.60. The second-order valence-corrected chi connectivity index (χ2v) is 7.60. The largest absolute Gasteiger partial charge is 0.548 e. The number of carbonyl (C=O) groups is 2. The van der Waals surface area contributed by atoms with Gasteiger partial charge < -0.3 is 9.90 Å². The zero-order valence-corrected chi connectivity index (χ0v) is 15.9. The van der Waals surface area contributed by atoms with Crippen LogP contribution in [0.1, 0.15) is 11.1 Å². The summed E-state index contributed by atoms with van der Waals surface area (Å²) in [4.78, 5) is 36.0. The number of nitrogens with zero attached hydrogens (tertiary/aromatic N) is 2. The van der Waals surface area contributed by atoms with Crippen LogP contribution < -0.4 is 5.11 Å². The molecule has 1 aliphatic rings. The number of thiocarbonyl (C=S) groups is 1. The standard InChI is InChI=1S/C19H14N2O5S2/c22-17-16(11-13-6-8-14(9-7-13)21(25)26)28-19(27)20(17)15(18(23)24)10-12-4-2-1-3-5-12/h1-9,11,15H,10H2,(H,23,24)/p-1/b16-11-/t15-/m0/s1. The number of carboxylic acid groups (broad SMARTS) is 1. The predicted molar refractivity (Wildman–Crippen MR) is 107 cm³/mol. The molecule has 0 aliphatic carbocycles. The zero-order chi connectivity index (χ0) is 20.3. The van der Waals surface area contributed by atoms with Crippen molar-refractivity contribution in [2.24, 2.45) is 0 Å². The molecule has 28 heavy (non-hydrogen) atoms. The minimum absolute atomic E-state index is 0.0652. The molecule has 7 nitrogen and oxygen atoms in total. The molecule has 0 radical (unpaired) electrons. The van der Waals surface area contributed by atoms with Gasteiger partial charge in [0.05, 0.1) is 21.8 Å². The summed E-state index contributed by atoms with van der Waals surface area (Å²) < 4.78 is 0.128. The van der Waals surface area contributed by atoms with Crippen LogP contribution in [0.5, 0.6) is 0 Å². The summed E-state index contributed by atoms with van der Waals surface area (Å²) in [5.74, 6) is -1.92. The summed E-state index contributed by atoms with van der Waals surface area (Å²) in [5.41, 5.74) is 1.24. The number of amides is 1. The average molecular weight is 413 g/mol. The van der Waals surface area contributed by atoms with E-state index in [1.165, 1.54) is 30.3 Å². The molecular formula is C19H13N2O5S2-. The lowest BCUT2D eigenvalue weighted by atomic mass is 10.0. The van der Waals surface area contributed by atoms with Gasteiger partial charge in [-0.2, -0.15) is 0 Å². The Balaban J connectivity index is 1.85. The molecular weight excluding hydrogens is 400 g/mol. The lowest BCUT2D eigenvalue weighted by Gasteiger charge is -2.27. The third-order valence-corrected chi connectivity index (χ3v) is 5.41. The van der Waals surface area contributed by atoms with Gasteiger partial charge in [-0.3, -0.25) is 19.8 Å². The molecule has 142 valence electrons. The fourth-order valence-corrected chi connectivity index (χ4v) is 4.07. The summed E-state index contributed by atoms with van der Waals surface area (Å²) in [7, 11) is 0. The van der Waals surface area contributed by atoms with Crippen LogP contribution in [0.3, 0.4) is 0 Å². The van der Waals surface area contributed by atoms with Crippen LogP contribution >= 0.6 is 24.0 Å². The molecule has 0 saturated carbocycles. The summed E-state index contributed by atoms with van der Waals surface area (Å²) in [6, 6.07) is 13.3. The quantitative estimate of drug-likeness (QED) is 0.309. The number of thioether (sulfide) groups is 1.